The second-order valence-corrected chi connectivity index (χ2v) is 6.02. The Bertz CT molecular complexity index is 580. The highest BCUT2D eigenvalue weighted by atomic mass is 32.2. The Hall–Kier alpha value is -1.83. The molecule has 0 amide bonds. The predicted octanol–water partition coefficient (Wildman–Crippen LogP) is 1.43. The van der Waals surface area contributed by atoms with Crippen LogP contribution in [0, 0.1) is 0 Å². The lowest BCUT2D eigenvalue weighted by Gasteiger charge is -2.24. The van der Waals surface area contributed by atoms with Crippen LogP contribution in [0.1, 0.15) is 13.3 Å². The van der Waals surface area contributed by atoms with E-state index < -0.39 is 0 Å². The van der Waals surface area contributed by atoms with Gasteiger partial charge in [-0.2, -0.15) is 31.8 Å². The van der Waals surface area contributed by atoms with Gasteiger partial charge in [-0.3, -0.25) is 0 Å². The van der Waals surface area contributed by atoms with Crippen molar-refractivity contribution < 1.29 is 0 Å². The quantitative estimate of drug-likeness (QED) is 0.896. The second kappa shape index (κ2) is 6.30. The fraction of sp³-hybridized carbons (Fsp3) is 0.538. The largest absolute Gasteiger partial charge is 0.354 e. The van der Waals surface area contributed by atoms with Crippen LogP contribution in [0.2, 0.25) is 0 Å². The van der Waals surface area contributed by atoms with Crippen LogP contribution < -0.4 is 10.2 Å². The van der Waals surface area contributed by atoms with Gasteiger partial charge in [-0.15, -0.1) is 0 Å². The van der Waals surface area contributed by atoms with Crippen LogP contribution in [0.5, 0.6) is 0 Å². The monoisotopic (exact) mass is 305 g/mol. The van der Waals surface area contributed by atoms with Crippen LogP contribution in [-0.4, -0.2) is 55.9 Å². The van der Waals surface area contributed by atoms with E-state index in [-0.39, 0.29) is 0 Å². The fourth-order valence-corrected chi connectivity index (χ4v) is 3.50. The molecule has 2 aromatic rings. The molecule has 0 aliphatic carbocycles. The summed E-state index contributed by atoms with van der Waals surface area (Å²) >= 11 is 1.98. The number of anilines is 2. The van der Waals surface area contributed by atoms with E-state index in [9.17, 15) is 0 Å². The SMILES string of the molecule is CCNc1nc(N(C)C2CCSC2)nc(-n2cccn2)n1. The number of nitrogens with zero attached hydrogens (tertiary/aromatic N) is 6. The molecule has 3 rings (SSSR count). The summed E-state index contributed by atoms with van der Waals surface area (Å²) in [6.07, 6.45) is 4.72. The van der Waals surface area contributed by atoms with Gasteiger partial charge in [0.15, 0.2) is 0 Å². The molecule has 8 heteroatoms. The molecule has 112 valence electrons. The van der Waals surface area contributed by atoms with Crippen LogP contribution in [0.15, 0.2) is 18.5 Å². The van der Waals surface area contributed by atoms with E-state index in [1.807, 2.05) is 30.9 Å². The molecule has 1 fully saturated rings. The Morgan fingerprint density at radius 1 is 1.43 bits per heavy atom. The molecule has 3 heterocycles. The summed E-state index contributed by atoms with van der Waals surface area (Å²) in [6.45, 7) is 2.79. The third-order valence-corrected chi connectivity index (χ3v) is 4.57. The lowest BCUT2D eigenvalue weighted by atomic mass is 10.2. The molecular formula is C13H19N7S. The minimum absolute atomic E-state index is 0.484. The average Bonchev–Trinajstić information content (AvgIpc) is 3.19. The lowest BCUT2D eigenvalue weighted by molar-refractivity contribution is 0.673. The summed E-state index contributed by atoms with van der Waals surface area (Å²) < 4.78 is 1.66. The number of hydrogen-bond donors (Lipinski definition) is 1. The van der Waals surface area contributed by atoms with Crippen LogP contribution >= 0.6 is 11.8 Å². The van der Waals surface area contributed by atoms with E-state index in [0.29, 0.717) is 23.9 Å². The minimum atomic E-state index is 0.484. The van der Waals surface area contributed by atoms with Crippen LogP contribution in [0.25, 0.3) is 5.95 Å². The van der Waals surface area contributed by atoms with E-state index >= 15 is 0 Å². The summed E-state index contributed by atoms with van der Waals surface area (Å²) in [6, 6.07) is 2.34. The van der Waals surface area contributed by atoms with E-state index in [4.69, 9.17) is 0 Å². The molecule has 7 nitrogen and oxygen atoms in total. The maximum atomic E-state index is 4.56. The van der Waals surface area contributed by atoms with Gasteiger partial charge in [0, 0.05) is 37.8 Å². The number of nitrogens with one attached hydrogen (secondary N) is 1. The molecule has 0 bridgehead atoms. The van der Waals surface area contributed by atoms with Gasteiger partial charge in [-0.1, -0.05) is 0 Å². The molecule has 1 aliphatic heterocycles. The van der Waals surface area contributed by atoms with Gasteiger partial charge in [-0.05, 0) is 25.2 Å². The predicted molar refractivity (Wildman–Crippen MR) is 85.2 cm³/mol. The molecule has 0 aromatic carbocycles. The summed E-state index contributed by atoms with van der Waals surface area (Å²) in [5.41, 5.74) is 0. The summed E-state index contributed by atoms with van der Waals surface area (Å²) in [5.74, 6) is 4.14. The first kappa shape index (κ1) is 14.1. The number of thioether (sulfide) groups is 1. The van der Waals surface area contributed by atoms with E-state index in [1.54, 1.807) is 10.9 Å². The first-order valence-corrected chi connectivity index (χ1v) is 8.24. The molecular weight excluding hydrogens is 286 g/mol. The smallest absolute Gasteiger partial charge is 0.257 e. The minimum Gasteiger partial charge on any atom is -0.354 e. The molecule has 0 radical (unpaired) electrons. The Balaban J connectivity index is 1.94. The summed E-state index contributed by atoms with van der Waals surface area (Å²) in [5, 5.41) is 7.36. The van der Waals surface area contributed by atoms with Crippen LogP contribution in [0.3, 0.4) is 0 Å². The van der Waals surface area contributed by atoms with Crippen molar-refractivity contribution in [3.63, 3.8) is 0 Å². The average molecular weight is 305 g/mol. The number of hydrogen-bond acceptors (Lipinski definition) is 7. The standard InChI is InChI=1S/C13H19N7S/c1-3-14-11-16-12(19(2)10-5-8-21-9-10)18-13(17-11)20-7-4-6-15-20/h4,6-7,10H,3,5,8-9H2,1-2H3,(H,14,16,17,18). The molecule has 1 saturated heterocycles. The topological polar surface area (TPSA) is 71.8 Å². The zero-order chi connectivity index (χ0) is 14.7. The highest BCUT2D eigenvalue weighted by Gasteiger charge is 2.23. The van der Waals surface area contributed by atoms with Crippen molar-refractivity contribution >= 4 is 23.7 Å². The van der Waals surface area contributed by atoms with Crippen molar-refractivity contribution in [1.29, 1.82) is 0 Å². The summed E-state index contributed by atoms with van der Waals surface area (Å²) in [4.78, 5) is 15.6. The van der Waals surface area contributed by atoms with Gasteiger partial charge in [0.1, 0.15) is 0 Å². The van der Waals surface area contributed by atoms with Crippen molar-refractivity contribution in [1.82, 2.24) is 24.7 Å². The van der Waals surface area contributed by atoms with Crippen molar-refractivity contribution in [2.45, 2.75) is 19.4 Å². The molecule has 1 unspecified atom stereocenters. The van der Waals surface area contributed by atoms with Gasteiger partial charge in [0.2, 0.25) is 11.9 Å². The highest BCUT2D eigenvalue weighted by Crippen LogP contribution is 2.24. The number of aromatic nitrogens is 5. The molecule has 1 N–H and O–H groups in total. The Kier molecular flexibility index (Phi) is 4.23. The van der Waals surface area contributed by atoms with Gasteiger partial charge in [0.25, 0.3) is 5.95 Å². The van der Waals surface area contributed by atoms with Crippen molar-refractivity contribution in [3.8, 4) is 5.95 Å². The van der Waals surface area contributed by atoms with E-state index in [2.05, 4.69) is 37.3 Å². The molecule has 2 aromatic heterocycles. The van der Waals surface area contributed by atoms with Crippen molar-refractivity contribution in [2.24, 2.45) is 0 Å². The van der Waals surface area contributed by atoms with Gasteiger partial charge in [-0.25, -0.2) is 4.68 Å². The Morgan fingerprint density at radius 3 is 3.00 bits per heavy atom. The molecule has 0 saturated carbocycles. The first-order chi connectivity index (χ1) is 10.3. The van der Waals surface area contributed by atoms with E-state index in [0.717, 1.165) is 12.3 Å². The second-order valence-electron chi connectivity index (χ2n) is 4.87. The summed E-state index contributed by atoms with van der Waals surface area (Å²) in [7, 11) is 2.05. The lowest BCUT2D eigenvalue weighted by Crippen LogP contribution is -2.33. The molecule has 1 aliphatic rings. The number of rotatable bonds is 5. The third kappa shape index (κ3) is 3.10. The Labute approximate surface area is 128 Å². The van der Waals surface area contributed by atoms with Gasteiger partial charge in [0.05, 0.1) is 0 Å². The van der Waals surface area contributed by atoms with E-state index in [1.165, 1.54) is 12.2 Å². The zero-order valence-corrected chi connectivity index (χ0v) is 13.0. The van der Waals surface area contributed by atoms with Crippen LogP contribution in [0.4, 0.5) is 11.9 Å². The zero-order valence-electron chi connectivity index (χ0n) is 12.2. The third-order valence-electron chi connectivity index (χ3n) is 3.42. The van der Waals surface area contributed by atoms with Gasteiger partial charge >= 0.3 is 0 Å². The van der Waals surface area contributed by atoms with Crippen molar-refractivity contribution in [2.75, 3.05) is 35.3 Å². The first-order valence-electron chi connectivity index (χ1n) is 7.08. The Morgan fingerprint density at radius 2 is 2.33 bits per heavy atom. The normalized spacial score (nSPS) is 17.9. The maximum absolute atomic E-state index is 4.56. The molecule has 21 heavy (non-hydrogen) atoms. The fourth-order valence-electron chi connectivity index (χ4n) is 2.23. The maximum Gasteiger partial charge on any atom is 0.257 e. The molecule has 0 spiro atoms. The van der Waals surface area contributed by atoms with Crippen molar-refractivity contribution in [3.05, 3.63) is 18.5 Å². The molecule has 1 atom stereocenters. The van der Waals surface area contributed by atoms with Crippen LogP contribution in [-0.2, 0) is 0 Å². The van der Waals surface area contributed by atoms with Gasteiger partial charge < -0.3 is 10.2 Å². The highest BCUT2D eigenvalue weighted by molar-refractivity contribution is 7.99.